The molecule has 32 heavy (non-hydrogen) atoms. The van der Waals surface area contributed by atoms with Crippen molar-refractivity contribution in [3.63, 3.8) is 0 Å². The number of halogens is 13. The molecule has 0 bridgehead atoms. The van der Waals surface area contributed by atoms with E-state index in [-0.39, 0.29) is 12.5 Å². The Morgan fingerprint density at radius 1 is 0.750 bits per heavy atom. The van der Waals surface area contributed by atoms with Crippen LogP contribution in [0.2, 0.25) is 0 Å². The van der Waals surface area contributed by atoms with Crippen molar-refractivity contribution in [1.29, 1.82) is 5.26 Å². The minimum Gasteiger partial charge on any atom is -0.222 e. The van der Waals surface area contributed by atoms with E-state index in [9.17, 15) is 48.3 Å². The summed E-state index contributed by atoms with van der Waals surface area (Å²) in [4.78, 5) is 0. The first-order chi connectivity index (χ1) is 14.3. The Morgan fingerprint density at radius 2 is 1.25 bits per heavy atom. The molecule has 1 radical (unpaired) electrons. The van der Waals surface area contributed by atoms with Crippen LogP contribution in [0, 0.1) is 17.8 Å². The number of nitriles is 1. The molecule has 0 saturated carbocycles. The van der Waals surface area contributed by atoms with Crippen molar-refractivity contribution in [2.75, 3.05) is 0 Å². The fraction of sp³-hybridized carbons (Fsp3) is 0.333. The molecule has 1 atom stereocenters. The molecule has 1 nitrogen and oxygen atoms in total. The van der Waals surface area contributed by atoms with Crippen molar-refractivity contribution in [2.24, 2.45) is 0 Å². The van der Waals surface area contributed by atoms with E-state index >= 15 is 4.39 Å². The summed E-state index contributed by atoms with van der Waals surface area (Å²) in [7, 11) is 0. The van der Waals surface area contributed by atoms with Gasteiger partial charge in [0.2, 0.25) is 0 Å². The molecule has 0 fully saturated rings. The first kappa shape index (κ1) is 26.1. The van der Waals surface area contributed by atoms with Gasteiger partial charge in [0.05, 0.1) is 17.0 Å². The van der Waals surface area contributed by atoms with Crippen molar-refractivity contribution < 1.29 is 52.7 Å². The van der Waals surface area contributed by atoms with Crippen LogP contribution < -0.4 is 0 Å². The number of benzene rings is 1. The Labute approximate surface area is 180 Å². The predicted octanol–water partition coefficient (Wildman–Crippen LogP) is 7.25. The number of rotatable bonds is 3. The molecule has 1 aliphatic rings. The van der Waals surface area contributed by atoms with Gasteiger partial charge >= 0.3 is 30.1 Å². The van der Waals surface area contributed by atoms with Gasteiger partial charge in [0, 0.05) is 16.5 Å². The van der Waals surface area contributed by atoms with Crippen LogP contribution in [0.5, 0.6) is 0 Å². The van der Waals surface area contributed by atoms with Crippen LogP contribution >= 0.6 is 15.9 Å². The molecular formula is C18H7BrF12N. The molecule has 175 valence electrons. The van der Waals surface area contributed by atoms with E-state index < -0.39 is 62.8 Å². The maximum atomic E-state index is 15.4. The molecule has 1 aromatic rings. The van der Waals surface area contributed by atoms with Crippen LogP contribution in [0.3, 0.4) is 0 Å². The van der Waals surface area contributed by atoms with Crippen LogP contribution in [0.4, 0.5) is 52.7 Å². The van der Waals surface area contributed by atoms with Crippen LogP contribution in [-0.2, 0) is 5.41 Å². The van der Waals surface area contributed by atoms with Gasteiger partial charge in [0.1, 0.15) is 0 Å². The van der Waals surface area contributed by atoms with Crippen LogP contribution in [0.1, 0.15) is 11.1 Å². The minimum atomic E-state index is -6.87. The summed E-state index contributed by atoms with van der Waals surface area (Å²) in [6, 6.07) is 3.97. The van der Waals surface area contributed by atoms with Crippen molar-refractivity contribution in [2.45, 2.75) is 35.5 Å². The SMILES string of the molecule is N#Cc1ccccc1C1(C(F)(C(F)(F)F)C(F)(F)F)C=C(Br)[CH]C(C(F)(F)C(F)(F)F)=C1. The molecule has 0 spiro atoms. The molecule has 2 rings (SSSR count). The summed E-state index contributed by atoms with van der Waals surface area (Å²) < 4.78 is 163. The average Bonchev–Trinajstić information content (AvgIpc) is 2.63. The smallest absolute Gasteiger partial charge is 0.222 e. The highest BCUT2D eigenvalue weighted by molar-refractivity contribution is 9.11. The Balaban J connectivity index is 3.15. The number of hydrogen-bond acceptors (Lipinski definition) is 1. The Bertz CT molecular complexity index is 979. The second-order valence-electron chi connectivity index (χ2n) is 6.53. The standard InChI is InChI=1S/C18H7BrF12N/c19-11-5-10(14(20,21)16(23,24)25)6-13(7-11,12-4-2-1-3-9(12)8-32)15(22,17(26,27)28)18(29,30)31/h1-7H. The topological polar surface area (TPSA) is 23.8 Å². The normalized spacial score (nSPS) is 21.0. The summed E-state index contributed by atoms with van der Waals surface area (Å²) in [5, 5.41) is 9.13. The van der Waals surface area contributed by atoms with Gasteiger partial charge in [0.25, 0.3) is 0 Å². The molecular weight excluding hydrogens is 538 g/mol. The van der Waals surface area contributed by atoms with Crippen molar-refractivity contribution in [3.05, 3.63) is 64.0 Å². The number of hydrogen-bond donors (Lipinski definition) is 0. The summed E-state index contributed by atoms with van der Waals surface area (Å²) in [5.74, 6) is -5.97. The quantitative estimate of drug-likeness (QED) is 0.368. The van der Waals surface area contributed by atoms with E-state index in [4.69, 9.17) is 5.26 Å². The highest BCUT2D eigenvalue weighted by Gasteiger charge is 2.81. The number of alkyl halides is 12. The monoisotopic (exact) mass is 544 g/mol. The molecule has 0 aromatic heterocycles. The van der Waals surface area contributed by atoms with Crippen LogP contribution in [0.25, 0.3) is 0 Å². The zero-order valence-electron chi connectivity index (χ0n) is 14.9. The summed E-state index contributed by atoms with van der Waals surface area (Å²) in [5.41, 5.74) is -15.6. The first-order valence-electron chi connectivity index (χ1n) is 7.99. The first-order valence-corrected chi connectivity index (χ1v) is 8.78. The molecule has 0 heterocycles. The number of allylic oxidation sites excluding steroid dienone is 4. The van der Waals surface area contributed by atoms with E-state index in [1.54, 1.807) is 0 Å². The molecule has 1 aliphatic carbocycles. The van der Waals surface area contributed by atoms with Gasteiger partial charge in [-0.1, -0.05) is 46.3 Å². The fourth-order valence-corrected chi connectivity index (χ4v) is 3.80. The maximum absolute atomic E-state index is 15.4. The predicted molar refractivity (Wildman–Crippen MR) is 89.2 cm³/mol. The largest absolute Gasteiger partial charge is 0.457 e. The molecule has 0 saturated heterocycles. The Hall–Kier alpha value is -2.17. The van der Waals surface area contributed by atoms with E-state index in [1.807, 2.05) is 0 Å². The summed E-state index contributed by atoms with van der Waals surface area (Å²) in [6.07, 6.45) is -21.2. The van der Waals surface area contributed by atoms with Crippen LogP contribution in [0.15, 0.2) is 46.5 Å². The van der Waals surface area contributed by atoms with E-state index in [0.29, 0.717) is 12.1 Å². The Morgan fingerprint density at radius 3 is 1.69 bits per heavy atom. The Kier molecular flexibility index (Phi) is 6.28. The molecule has 0 amide bonds. The molecule has 14 heteroatoms. The zero-order chi connectivity index (χ0) is 25.0. The highest BCUT2D eigenvalue weighted by atomic mass is 79.9. The van der Waals surface area contributed by atoms with Gasteiger partial charge in [0.15, 0.2) is 0 Å². The average molecular weight is 545 g/mol. The van der Waals surface area contributed by atoms with Gasteiger partial charge in [-0.3, -0.25) is 0 Å². The maximum Gasteiger partial charge on any atom is 0.457 e. The fourth-order valence-electron chi connectivity index (χ4n) is 3.19. The zero-order valence-corrected chi connectivity index (χ0v) is 16.5. The van der Waals surface area contributed by atoms with E-state index in [1.165, 1.54) is 6.07 Å². The third-order valence-electron chi connectivity index (χ3n) is 4.61. The molecule has 0 N–H and O–H groups in total. The van der Waals surface area contributed by atoms with E-state index in [0.717, 1.165) is 12.1 Å². The summed E-state index contributed by atoms with van der Waals surface area (Å²) >= 11 is 2.31. The number of nitrogens with zero attached hydrogens (tertiary/aromatic N) is 1. The van der Waals surface area contributed by atoms with Crippen LogP contribution in [-0.4, -0.2) is 30.1 Å². The third kappa shape index (κ3) is 3.78. The van der Waals surface area contributed by atoms with E-state index in [2.05, 4.69) is 15.9 Å². The van der Waals surface area contributed by atoms with Gasteiger partial charge in [-0.2, -0.15) is 53.6 Å². The molecule has 0 aliphatic heterocycles. The lowest BCUT2D eigenvalue weighted by Crippen LogP contribution is -2.65. The second kappa shape index (κ2) is 7.71. The lowest BCUT2D eigenvalue weighted by Gasteiger charge is -2.46. The van der Waals surface area contributed by atoms with Gasteiger partial charge in [-0.25, -0.2) is 4.39 Å². The van der Waals surface area contributed by atoms with Gasteiger partial charge in [-0.05, 0) is 11.6 Å². The van der Waals surface area contributed by atoms with Crippen molar-refractivity contribution in [1.82, 2.24) is 0 Å². The van der Waals surface area contributed by atoms with Gasteiger partial charge in [-0.15, -0.1) is 0 Å². The molecule has 1 aromatic carbocycles. The molecule has 1 unspecified atom stereocenters. The van der Waals surface area contributed by atoms with Crippen molar-refractivity contribution in [3.8, 4) is 6.07 Å². The van der Waals surface area contributed by atoms with Gasteiger partial charge < -0.3 is 0 Å². The third-order valence-corrected chi connectivity index (χ3v) is 5.06. The lowest BCUT2D eigenvalue weighted by atomic mass is 9.63. The second-order valence-corrected chi connectivity index (χ2v) is 7.44. The minimum absolute atomic E-state index is 0.0894. The highest BCUT2D eigenvalue weighted by Crippen LogP contribution is 2.61. The summed E-state index contributed by atoms with van der Waals surface area (Å²) in [6.45, 7) is 0. The van der Waals surface area contributed by atoms with Crippen molar-refractivity contribution >= 4 is 15.9 Å². The lowest BCUT2D eigenvalue weighted by molar-refractivity contribution is -0.354.